The highest BCUT2D eigenvalue weighted by Crippen LogP contribution is 2.24. The molecule has 0 bridgehead atoms. The first-order valence-corrected chi connectivity index (χ1v) is 4.42. The van der Waals surface area contributed by atoms with Crippen molar-refractivity contribution < 1.29 is 5.11 Å². The van der Waals surface area contributed by atoms with Gasteiger partial charge < -0.3 is 10.4 Å². The number of hydrogen-bond acceptors (Lipinski definition) is 2. The van der Waals surface area contributed by atoms with Gasteiger partial charge in [0.2, 0.25) is 0 Å². The van der Waals surface area contributed by atoms with Gasteiger partial charge in [0.15, 0.2) is 0 Å². The van der Waals surface area contributed by atoms with Gasteiger partial charge in [-0.2, -0.15) is 0 Å². The Morgan fingerprint density at radius 2 is 2.17 bits per heavy atom. The molecular formula is C10H13NO. The first-order chi connectivity index (χ1) is 5.86. The lowest BCUT2D eigenvalue weighted by Gasteiger charge is -2.06. The Hall–Kier alpha value is -1.18. The number of hydrogen-bond donors (Lipinski definition) is 2. The minimum Gasteiger partial charge on any atom is -0.508 e. The van der Waals surface area contributed by atoms with Crippen molar-refractivity contribution in [3.8, 4) is 5.75 Å². The second kappa shape index (κ2) is 3.05. The van der Waals surface area contributed by atoms with Crippen LogP contribution in [0.25, 0.3) is 0 Å². The number of rotatable bonds is 0. The van der Waals surface area contributed by atoms with Crippen molar-refractivity contribution in [3.63, 3.8) is 0 Å². The molecule has 0 saturated carbocycles. The molecule has 2 nitrogen and oxygen atoms in total. The lowest BCUT2D eigenvalue weighted by molar-refractivity contribution is 0.474. The van der Waals surface area contributed by atoms with E-state index in [4.69, 9.17) is 0 Å². The van der Waals surface area contributed by atoms with Crippen LogP contribution in [0.3, 0.4) is 0 Å². The third-order valence-electron chi connectivity index (χ3n) is 2.28. The number of fused-ring (bicyclic) bond motifs is 1. The highest BCUT2D eigenvalue weighted by molar-refractivity contribution is 5.54. The van der Waals surface area contributed by atoms with E-state index in [9.17, 15) is 5.11 Å². The molecule has 1 heterocycles. The Bertz CT molecular complexity index is 283. The topological polar surface area (TPSA) is 32.3 Å². The summed E-state index contributed by atoms with van der Waals surface area (Å²) in [6.07, 6.45) is 3.51. The summed E-state index contributed by atoms with van der Waals surface area (Å²) in [5, 5.41) is 12.6. The number of anilines is 1. The summed E-state index contributed by atoms with van der Waals surface area (Å²) >= 11 is 0. The van der Waals surface area contributed by atoms with Crippen molar-refractivity contribution in [3.05, 3.63) is 23.8 Å². The van der Waals surface area contributed by atoms with Gasteiger partial charge in [0.1, 0.15) is 5.75 Å². The molecule has 0 aliphatic carbocycles. The van der Waals surface area contributed by atoms with E-state index in [0.29, 0.717) is 5.75 Å². The number of aryl methyl sites for hydroxylation is 1. The van der Waals surface area contributed by atoms with Crippen LogP contribution in [-0.2, 0) is 6.42 Å². The van der Waals surface area contributed by atoms with Crippen molar-refractivity contribution in [1.29, 1.82) is 0 Å². The Balaban J connectivity index is 2.36. The van der Waals surface area contributed by atoms with Gasteiger partial charge in [-0.25, -0.2) is 0 Å². The van der Waals surface area contributed by atoms with Crippen LogP contribution < -0.4 is 5.32 Å². The molecular weight excluding hydrogens is 150 g/mol. The van der Waals surface area contributed by atoms with E-state index in [0.717, 1.165) is 13.0 Å². The fourth-order valence-electron chi connectivity index (χ4n) is 1.62. The third-order valence-corrected chi connectivity index (χ3v) is 2.28. The molecule has 0 saturated heterocycles. The second-order valence-electron chi connectivity index (χ2n) is 3.23. The number of phenols is 1. The predicted molar refractivity (Wildman–Crippen MR) is 49.5 cm³/mol. The van der Waals surface area contributed by atoms with Crippen molar-refractivity contribution in [2.24, 2.45) is 0 Å². The molecule has 12 heavy (non-hydrogen) atoms. The molecule has 1 aromatic rings. The molecule has 1 aliphatic rings. The number of benzene rings is 1. The maximum atomic E-state index is 9.25. The number of aromatic hydroxyl groups is 1. The Kier molecular flexibility index (Phi) is 1.90. The molecule has 0 aromatic heterocycles. The van der Waals surface area contributed by atoms with Crippen molar-refractivity contribution in [2.45, 2.75) is 19.3 Å². The minimum absolute atomic E-state index is 0.373. The standard InChI is InChI=1S/C10H13NO/c12-9-4-5-10-8(7-9)3-1-2-6-11-10/h4-5,7,11-12H,1-3,6H2. The van der Waals surface area contributed by atoms with Crippen LogP contribution in [0.4, 0.5) is 5.69 Å². The number of nitrogens with one attached hydrogen (secondary N) is 1. The third kappa shape index (κ3) is 1.37. The van der Waals surface area contributed by atoms with Crippen LogP contribution in [0.15, 0.2) is 18.2 Å². The molecule has 1 aromatic carbocycles. The average Bonchev–Trinajstić information content (AvgIpc) is 2.28. The lowest BCUT2D eigenvalue weighted by Crippen LogP contribution is -1.98. The van der Waals surface area contributed by atoms with E-state index < -0.39 is 0 Å². The molecule has 2 heteroatoms. The van der Waals surface area contributed by atoms with Gasteiger partial charge in [0.05, 0.1) is 0 Å². The van der Waals surface area contributed by atoms with Crippen molar-refractivity contribution in [2.75, 3.05) is 11.9 Å². The molecule has 0 radical (unpaired) electrons. The SMILES string of the molecule is Oc1ccc2c(c1)CCCCN2. The molecule has 0 amide bonds. The van der Waals surface area contributed by atoms with E-state index in [-0.39, 0.29) is 0 Å². The van der Waals surface area contributed by atoms with Gasteiger partial charge in [-0.1, -0.05) is 0 Å². The monoisotopic (exact) mass is 163 g/mol. The molecule has 0 atom stereocenters. The zero-order valence-corrected chi connectivity index (χ0v) is 7.01. The fraction of sp³-hybridized carbons (Fsp3) is 0.400. The summed E-state index contributed by atoms with van der Waals surface area (Å²) in [5.41, 5.74) is 2.43. The van der Waals surface area contributed by atoms with Crippen LogP contribution in [0.1, 0.15) is 18.4 Å². The van der Waals surface area contributed by atoms with E-state index in [1.165, 1.54) is 24.1 Å². The zero-order valence-electron chi connectivity index (χ0n) is 7.01. The Labute approximate surface area is 72.2 Å². The summed E-state index contributed by atoms with van der Waals surface area (Å²) in [7, 11) is 0. The summed E-state index contributed by atoms with van der Waals surface area (Å²) in [6, 6.07) is 5.54. The minimum atomic E-state index is 0.373. The number of phenolic OH excluding ortho intramolecular Hbond substituents is 1. The van der Waals surface area contributed by atoms with Crippen LogP contribution >= 0.6 is 0 Å². The van der Waals surface area contributed by atoms with E-state index in [1.54, 1.807) is 6.07 Å². The van der Waals surface area contributed by atoms with Crippen molar-refractivity contribution in [1.82, 2.24) is 0 Å². The zero-order chi connectivity index (χ0) is 8.39. The lowest BCUT2D eigenvalue weighted by atomic mass is 10.1. The van der Waals surface area contributed by atoms with Gasteiger partial charge in [-0.3, -0.25) is 0 Å². The maximum absolute atomic E-state index is 9.25. The molecule has 1 aliphatic heterocycles. The van der Waals surface area contributed by atoms with Crippen LogP contribution in [0.2, 0.25) is 0 Å². The first kappa shape index (κ1) is 7.47. The molecule has 0 spiro atoms. The van der Waals surface area contributed by atoms with Gasteiger partial charge in [0.25, 0.3) is 0 Å². The van der Waals surface area contributed by atoms with Gasteiger partial charge in [-0.05, 0) is 43.0 Å². The largest absolute Gasteiger partial charge is 0.508 e. The maximum Gasteiger partial charge on any atom is 0.116 e. The van der Waals surface area contributed by atoms with Crippen molar-refractivity contribution >= 4 is 5.69 Å². The quantitative estimate of drug-likeness (QED) is 0.574. The van der Waals surface area contributed by atoms with Gasteiger partial charge in [-0.15, -0.1) is 0 Å². The smallest absolute Gasteiger partial charge is 0.116 e. The highest BCUT2D eigenvalue weighted by Gasteiger charge is 2.06. The predicted octanol–water partition coefficient (Wildman–Crippen LogP) is 2.14. The van der Waals surface area contributed by atoms with Gasteiger partial charge in [0, 0.05) is 12.2 Å². The van der Waals surface area contributed by atoms with Crippen LogP contribution in [-0.4, -0.2) is 11.7 Å². The summed E-state index contributed by atoms with van der Waals surface area (Å²) in [6.45, 7) is 1.05. The fourth-order valence-corrected chi connectivity index (χ4v) is 1.62. The molecule has 2 rings (SSSR count). The van der Waals surface area contributed by atoms with Crippen LogP contribution in [0, 0.1) is 0 Å². The Morgan fingerprint density at radius 1 is 1.25 bits per heavy atom. The summed E-state index contributed by atoms with van der Waals surface area (Å²) < 4.78 is 0. The Morgan fingerprint density at radius 3 is 3.08 bits per heavy atom. The van der Waals surface area contributed by atoms with Gasteiger partial charge >= 0.3 is 0 Å². The van der Waals surface area contributed by atoms with E-state index >= 15 is 0 Å². The normalized spacial score (nSPS) is 16.0. The summed E-state index contributed by atoms with van der Waals surface area (Å²) in [5.74, 6) is 0.373. The highest BCUT2D eigenvalue weighted by atomic mass is 16.3. The molecule has 2 N–H and O–H groups in total. The molecule has 0 fully saturated rings. The first-order valence-electron chi connectivity index (χ1n) is 4.42. The van der Waals surface area contributed by atoms with E-state index in [1.807, 2.05) is 12.1 Å². The molecule has 0 unspecified atom stereocenters. The average molecular weight is 163 g/mol. The van der Waals surface area contributed by atoms with Crippen LogP contribution in [0.5, 0.6) is 5.75 Å². The molecule has 64 valence electrons. The second-order valence-corrected chi connectivity index (χ2v) is 3.23. The summed E-state index contributed by atoms with van der Waals surface area (Å²) in [4.78, 5) is 0. The van der Waals surface area contributed by atoms with E-state index in [2.05, 4.69) is 5.32 Å².